The number of carbonyl (C=O) groups excluding carboxylic acids is 1. The van der Waals surface area contributed by atoms with Crippen LogP contribution in [0.5, 0.6) is 5.75 Å². The van der Waals surface area contributed by atoms with Gasteiger partial charge in [0.15, 0.2) is 0 Å². The average Bonchev–Trinajstić information content (AvgIpc) is 3.28. The molecule has 35 heavy (non-hydrogen) atoms. The molecule has 0 aliphatic carbocycles. The molecule has 3 aromatic heterocycles. The topological polar surface area (TPSA) is 82.4 Å². The molecule has 4 rings (SSSR count). The Morgan fingerprint density at radius 3 is 2.57 bits per heavy atom. The lowest BCUT2D eigenvalue weighted by Crippen LogP contribution is -2.31. The van der Waals surface area contributed by atoms with Crippen LogP contribution in [0.4, 0.5) is 4.79 Å². The van der Waals surface area contributed by atoms with Crippen molar-refractivity contribution in [2.24, 2.45) is 7.05 Å². The summed E-state index contributed by atoms with van der Waals surface area (Å²) in [6.07, 6.45) is 3.17. The predicted molar refractivity (Wildman–Crippen MR) is 135 cm³/mol. The number of hydrogen-bond donors (Lipinski definition) is 0. The van der Waals surface area contributed by atoms with Gasteiger partial charge in [-0.2, -0.15) is 5.10 Å². The molecule has 0 aliphatic rings. The molecule has 8 nitrogen and oxygen atoms in total. The van der Waals surface area contributed by atoms with Crippen molar-refractivity contribution in [3.05, 3.63) is 71.3 Å². The summed E-state index contributed by atoms with van der Waals surface area (Å²) in [7, 11) is 1.93. The fourth-order valence-corrected chi connectivity index (χ4v) is 4.14. The van der Waals surface area contributed by atoms with Gasteiger partial charge in [-0.25, -0.2) is 9.78 Å². The Labute approximate surface area is 205 Å². The zero-order chi connectivity index (χ0) is 24.9. The Balaban J connectivity index is 1.61. The van der Waals surface area contributed by atoms with Crippen molar-refractivity contribution in [1.29, 1.82) is 0 Å². The van der Waals surface area contributed by atoms with Gasteiger partial charge in [0.05, 0.1) is 11.4 Å². The minimum Gasteiger partial charge on any atom is -0.487 e. The largest absolute Gasteiger partial charge is 0.487 e. The molecule has 3 heterocycles. The summed E-state index contributed by atoms with van der Waals surface area (Å²) in [5, 5.41) is 5.31. The standard InChI is InChI=1S/C27H31N5O3/c1-6-32(7-2)27(33)35-17-23-22(18(3)11-13-28-23)16-34-25-10-8-9-20-21(15-19(4)30-26(20)25)24-12-14-29-31(24)5/h8-15H,6-7,16-17H2,1-5H3. The van der Waals surface area contributed by atoms with Gasteiger partial charge in [0, 0.05) is 54.7 Å². The number of fused-ring (bicyclic) bond motifs is 1. The van der Waals surface area contributed by atoms with E-state index >= 15 is 0 Å². The fraction of sp³-hybridized carbons (Fsp3) is 0.333. The Morgan fingerprint density at radius 1 is 1.06 bits per heavy atom. The Kier molecular flexibility index (Phi) is 7.29. The Morgan fingerprint density at radius 2 is 1.86 bits per heavy atom. The molecular formula is C27H31N5O3. The predicted octanol–water partition coefficient (Wildman–Crippen LogP) is 5.20. The summed E-state index contributed by atoms with van der Waals surface area (Å²) >= 11 is 0. The molecule has 0 fully saturated rings. The lowest BCUT2D eigenvalue weighted by molar-refractivity contribution is 0.0981. The molecule has 1 aromatic carbocycles. The number of carbonyl (C=O) groups is 1. The lowest BCUT2D eigenvalue weighted by Gasteiger charge is -2.19. The van der Waals surface area contributed by atoms with Gasteiger partial charge in [-0.1, -0.05) is 12.1 Å². The van der Waals surface area contributed by atoms with Gasteiger partial charge in [0.25, 0.3) is 0 Å². The van der Waals surface area contributed by atoms with E-state index in [1.165, 1.54) is 0 Å². The molecule has 0 saturated heterocycles. The third-order valence-corrected chi connectivity index (χ3v) is 6.13. The quantitative estimate of drug-likeness (QED) is 0.350. The minimum absolute atomic E-state index is 0.0905. The Bertz CT molecular complexity index is 1340. The molecule has 182 valence electrons. The van der Waals surface area contributed by atoms with Crippen molar-refractivity contribution in [2.75, 3.05) is 13.1 Å². The van der Waals surface area contributed by atoms with Crippen LogP contribution in [-0.2, 0) is 25.0 Å². The van der Waals surface area contributed by atoms with E-state index in [4.69, 9.17) is 14.5 Å². The summed E-state index contributed by atoms with van der Waals surface area (Å²) < 4.78 is 13.7. The highest BCUT2D eigenvalue weighted by atomic mass is 16.6. The molecule has 0 saturated carbocycles. The molecule has 0 unspecified atom stereocenters. The first kappa shape index (κ1) is 24.2. The van der Waals surface area contributed by atoms with E-state index in [0.717, 1.165) is 39.0 Å². The summed E-state index contributed by atoms with van der Waals surface area (Å²) in [4.78, 5) is 23.2. The van der Waals surface area contributed by atoms with E-state index in [2.05, 4.69) is 16.1 Å². The van der Waals surface area contributed by atoms with Crippen LogP contribution >= 0.6 is 0 Å². The van der Waals surface area contributed by atoms with Crippen LogP contribution in [0.15, 0.2) is 48.8 Å². The first-order chi connectivity index (χ1) is 16.9. The molecule has 4 aromatic rings. The molecular weight excluding hydrogens is 442 g/mol. The maximum absolute atomic E-state index is 12.3. The number of amides is 1. The number of benzene rings is 1. The van der Waals surface area contributed by atoms with Gasteiger partial charge >= 0.3 is 6.09 Å². The third kappa shape index (κ3) is 5.11. The number of aryl methyl sites for hydroxylation is 3. The molecule has 0 spiro atoms. The second-order valence-electron chi connectivity index (χ2n) is 8.37. The summed E-state index contributed by atoms with van der Waals surface area (Å²) in [6.45, 7) is 9.40. The SMILES string of the molecule is CCN(CC)C(=O)OCc1nccc(C)c1COc1cccc2c(-c3ccnn3C)cc(C)nc12. The van der Waals surface area contributed by atoms with Crippen molar-refractivity contribution < 1.29 is 14.3 Å². The van der Waals surface area contributed by atoms with Crippen molar-refractivity contribution >= 4 is 17.0 Å². The van der Waals surface area contributed by atoms with E-state index in [9.17, 15) is 4.79 Å². The molecule has 0 aliphatic heterocycles. The second-order valence-corrected chi connectivity index (χ2v) is 8.37. The molecule has 8 heteroatoms. The van der Waals surface area contributed by atoms with E-state index in [1.54, 1.807) is 17.3 Å². The number of aromatic nitrogens is 4. The van der Waals surface area contributed by atoms with E-state index in [-0.39, 0.29) is 19.3 Å². The van der Waals surface area contributed by atoms with Crippen LogP contribution < -0.4 is 4.74 Å². The van der Waals surface area contributed by atoms with E-state index < -0.39 is 0 Å². The van der Waals surface area contributed by atoms with Gasteiger partial charge in [0.2, 0.25) is 0 Å². The van der Waals surface area contributed by atoms with Crippen LogP contribution in [0.1, 0.15) is 36.4 Å². The summed E-state index contributed by atoms with van der Waals surface area (Å²) in [5.41, 5.74) is 6.36. The van der Waals surface area contributed by atoms with Crippen LogP contribution in [-0.4, -0.2) is 43.8 Å². The summed E-state index contributed by atoms with van der Waals surface area (Å²) in [5.74, 6) is 0.684. The number of rotatable bonds is 8. The lowest BCUT2D eigenvalue weighted by atomic mass is 10.0. The zero-order valence-corrected chi connectivity index (χ0v) is 20.9. The highest BCUT2D eigenvalue weighted by molar-refractivity contribution is 5.97. The maximum Gasteiger partial charge on any atom is 0.410 e. The minimum atomic E-state index is -0.346. The molecule has 0 bridgehead atoms. The zero-order valence-electron chi connectivity index (χ0n) is 20.9. The monoisotopic (exact) mass is 473 g/mol. The normalized spacial score (nSPS) is 11.0. The Hall–Kier alpha value is -3.94. The van der Waals surface area contributed by atoms with Gasteiger partial charge in [0.1, 0.15) is 24.5 Å². The highest BCUT2D eigenvalue weighted by Crippen LogP contribution is 2.33. The molecule has 0 radical (unpaired) electrons. The van der Waals surface area contributed by atoms with Crippen LogP contribution in [0.3, 0.4) is 0 Å². The fourth-order valence-electron chi connectivity index (χ4n) is 4.14. The van der Waals surface area contributed by atoms with E-state index in [0.29, 0.717) is 24.5 Å². The average molecular weight is 474 g/mol. The number of ether oxygens (including phenoxy) is 2. The van der Waals surface area contributed by atoms with Gasteiger partial charge in [-0.15, -0.1) is 0 Å². The van der Waals surface area contributed by atoms with Crippen molar-refractivity contribution in [3.8, 4) is 17.0 Å². The maximum atomic E-state index is 12.3. The summed E-state index contributed by atoms with van der Waals surface area (Å²) in [6, 6.07) is 11.9. The molecule has 0 N–H and O–H groups in total. The van der Waals surface area contributed by atoms with Crippen LogP contribution in [0, 0.1) is 13.8 Å². The van der Waals surface area contributed by atoms with Crippen molar-refractivity contribution in [2.45, 2.75) is 40.9 Å². The smallest absolute Gasteiger partial charge is 0.410 e. The van der Waals surface area contributed by atoms with Crippen LogP contribution in [0.2, 0.25) is 0 Å². The first-order valence-corrected chi connectivity index (χ1v) is 11.8. The first-order valence-electron chi connectivity index (χ1n) is 11.8. The van der Waals surface area contributed by atoms with Gasteiger partial charge in [-0.3, -0.25) is 9.67 Å². The molecule has 0 atom stereocenters. The number of hydrogen-bond acceptors (Lipinski definition) is 6. The van der Waals surface area contributed by atoms with Crippen molar-refractivity contribution in [3.63, 3.8) is 0 Å². The molecule has 1 amide bonds. The number of pyridine rings is 2. The second kappa shape index (κ2) is 10.5. The van der Waals surface area contributed by atoms with Gasteiger partial charge < -0.3 is 14.4 Å². The number of para-hydroxylation sites is 1. The van der Waals surface area contributed by atoms with E-state index in [1.807, 2.05) is 69.8 Å². The highest BCUT2D eigenvalue weighted by Gasteiger charge is 2.16. The van der Waals surface area contributed by atoms with Crippen LogP contribution in [0.25, 0.3) is 22.2 Å². The third-order valence-electron chi connectivity index (χ3n) is 6.13. The van der Waals surface area contributed by atoms with Gasteiger partial charge in [-0.05, 0) is 57.5 Å². The van der Waals surface area contributed by atoms with Crippen molar-refractivity contribution in [1.82, 2.24) is 24.6 Å². The number of nitrogens with zero attached hydrogens (tertiary/aromatic N) is 5.